The minimum absolute atomic E-state index is 0.130. The van der Waals surface area contributed by atoms with Crippen molar-refractivity contribution < 1.29 is 19.1 Å². The van der Waals surface area contributed by atoms with Gasteiger partial charge in [0.25, 0.3) is 11.8 Å². The highest BCUT2D eigenvalue weighted by atomic mass is 16.5. The topological polar surface area (TPSA) is 79.9 Å². The first-order chi connectivity index (χ1) is 14.1. The standard InChI is InChI=1S/C22H29N3O4/c1-4-25(5-2)15-14-23-22(27)17-10-12-18(13-11-17)24-21(26)16-29-20-9-7-6-8-19(20)28-3/h6-13H,4-5,14-16H2,1-3H3,(H,23,27)(H,24,26). The van der Waals surface area contributed by atoms with E-state index in [1.54, 1.807) is 43.5 Å². The van der Waals surface area contributed by atoms with E-state index in [1.807, 2.05) is 12.1 Å². The number of likely N-dealkylation sites (N-methyl/N-ethyl adjacent to an activating group) is 1. The summed E-state index contributed by atoms with van der Waals surface area (Å²) in [6.45, 7) is 7.38. The average molecular weight is 399 g/mol. The third-order valence-corrected chi connectivity index (χ3v) is 4.47. The second kappa shape index (κ2) is 11.7. The minimum atomic E-state index is -0.299. The van der Waals surface area contributed by atoms with Crippen LogP contribution in [0.2, 0.25) is 0 Å². The maximum Gasteiger partial charge on any atom is 0.262 e. The van der Waals surface area contributed by atoms with Gasteiger partial charge in [0.15, 0.2) is 18.1 Å². The smallest absolute Gasteiger partial charge is 0.262 e. The van der Waals surface area contributed by atoms with Crippen LogP contribution in [0.3, 0.4) is 0 Å². The highest BCUT2D eigenvalue weighted by Crippen LogP contribution is 2.25. The van der Waals surface area contributed by atoms with Gasteiger partial charge < -0.3 is 25.0 Å². The van der Waals surface area contributed by atoms with Crippen molar-refractivity contribution >= 4 is 17.5 Å². The fourth-order valence-corrected chi connectivity index (χ4v) is 2.75. The Morgan fingerprint density at radius 2 is 1.62 bits per heavy atom. The molecule has 0 spiro atoms. The van der Waals surface area contributed by atoms with Crippen LogP contribution in [0.1, 0.15) is 24.2 Å². The Kier molecular flexibility index (Phi) is 8.98. The first kappa shape index (κ1) is 22.2. The Bertz CT molecular complexity index is 789. The van der Waals surface area contributed by atoms with Gasteiger partial charge >= 0.3 is 0 Å². The summed E-state index contributed by atoms with van der Waals surface area (Å²) >= 11 is 0. The summed E-state index contributed by atoms with van der Waals surface area (Å²) in [6, 6.07) is 13.9. The molecule has 0 aromatic heterocycles. The molecule has 7 nitrogen and oxygen atoms in total. The molecule has 2 aromatic carbocycles. The first-order valence-electron chi connectivity index (χ1n) is 9.73. The lowest BCUT2D eigenvalue weighted by Crippen LogP contribution is -2.34. The molecule has 0 aliphatic heterocycles. The number of amides is 2. The van der Waals surface area contributed by atoms with Crippen molar-refractivity contribution in [2.24, 2.45) is 0 Å². The summed E-state index contributed by atoms with van der Waals surface area (Å²) in [6.07, 6.45) is 0. The Balaban J connectivity index is 1.80. The van der Waals surface area contributed by atoms with Gasteiger partial charge in [-0.3, -0.25) is 9.59 Å². The largest absolute Gasteiger partial charge is 0.493 e. The fourth-order valence-electron chi connectivity index (χ4n) is 2.75. The molecule has 2 aromatic rings. The van der Waals surface area contributed by atoms with Gasteiger partial charge in [0.1, 0.15) is 0 Å². The van der Waals surface area contributed by atoms with Gasteiger partial charge in [0, 0.05) is 24.3 Å². The number of hydrogen-bond donors (Lipinski definition) is 2. The summed E-state index contributed by atoms with van der Waals surface area (Å²) in [4.78, 5) is 26.6. The number of rotatable bonds is 11. The molecule has 7 heteroatoms. The molecule has 0 bridgehead atoms. The predicted octanol–water partition coefficient (Wildman–Crippen LogP) is 2.78. The second-order valence-corrected chi connectivity index (χ2v) is 6.35. The van der Waals surface area contributed by atoms with Crippen LogP contribution >= 0.6 is 0 Å². The van der Waals surface area contributed by atoms with Crippen molar-refractivity contribution in [3.63, 3.8) is 0 Å². The van der Waals surface area contributed by atoms with Crippen LogP contribution in [0.25, 0.3) is 0 Å². The Morgan fingerprint density at radius 1 is 0.966 bits per heavy atom. The molecular formula is C22H29N3O4. The summed E-state index contributed by atoms with van der Waals surface area (Å²) < 4.78 is 10.7. The van der Waals surface area contributed by atoms with E-state index < -0.39 is 0 Å². The van der Waals surface area contributed by atoms with Crippen LogP contribution in [0.15, 0.2) is 48.5 Å². The molecular weight excluding hydrogens is 370 g/mol. The van der Waals surface area contributed by atoms with E-state index in [9.17, 15) is 9.59 Å². The quantitative estimate of drug-likeness (QED) is 0.607. The molecule has 156 valence electrons. The zero-order valence-corrected chi connectivity index (χ0v) is 17.2. The van der Waals surface area contributed by atoms with E-state index in [2.05, 4.69) is 29.4 Å². The lowest BCUT2D eigenvalue weighted by molar-refractivity contribution is -0.118. The zero-order chi connectivity index (χ0) is 21.1. The predicted molar refractivity (Wildman–Crippen MR) is 114 cm³/mol. The molecule has 2 rings (SSSR count). The van der Waals surface area contributed by atoms with Gasteiger partial charge in [-0.1, -0.05) is 26.0 Å². The fraction of sp³-hybridized carbons (Fsp3) is 0.364. The van der Waals surface area contributed by atoms with E-state index in [0.717, 1.165) is 19.6 Å². The lowest BCUT2D eigenvalue weighted by atomic mass is 10.2. The van der Waals surface area contributed by atoms with Crippen LogP contribution in [-0.4, -0.2) is 56.6 Å². The van der Waals surface area contributed by atoms with Crippen LogP contribution in [0.4, 0.5) is 5.69 Å². The molecule has 0 aliphatic rings. The normalized spacial score (nSPS) is 10.5. The average Bonchev–Trinajstić information content (AvgIpc) is 2.76. The van der Waals surface area contributed by atoms with Crippen molar-refractivity contribution in [2.45, 2.75) is 13.8 Å². The number of carbonyl (C=O) groups is 2. The summed E-state index contributed by atoms with van der Waals surface area (Å²) in [5, 5.41) is 5.65. The number of benzene rings is 2. The van der Waals surface area contributed by atoms with Crippen LogP contribution in [-0.2, 0) is 4.79 Å². The molecule has 0 fully saturated rings. The lowest BCUT2D eigenvalue weighted by Gasteiger charge is -2.18. The number of para-hydroxylation sites is 2. The van der Waals surface area contributed by atoms with Gasteiger partial charge in [0.05, 0.1) is 7.11 Å². The van der Waals surface area contributed by atoms with Gasteiger partial charge in [-0.05, 0) is 49.5 Å². The Hall–Kier alpha value is -3.06. The van der Waals surface area contributed by atoms with E-state index in [0.29, 0.717) is 29.3 Å². The summed E-state index contributed by atoms with van der Waals surface area (Å²) in [5.41, 5.74) is 1.14. The summed E-state index contributed by atoms with van der Waals surface area (Å²) in [5.74, 6) is 0.639. The molecule has 29 heavy (non-hydrogen) atoms. The van der Waals surface area contributed by atoms with Crippen molar-refractivity contribution in [3.05, 3.63) is 54.1 Å². The molecule has 0 heterocycles. The van der Waals surface area contributed by atoms with Gasteiger partial charge in [0.2, 0.25) is 0 Å². The highest BCUT2D eigenvalue weighted by molar-refractivity contribution is 5.96. The first-order valence-corrected chi connectivity index (χ1v) is 9.73. The molecule has 0 saturated heterocycles. The van der Waals surface area contributed by atoms with Crippen molar-refractivity contribution in [1.29, 1.82) is 0 Å². The minimum Gasteiger partial charge on any atom is -0.493 e. The number of carbonyl (C=O) groups excluding carboxylic acids is 2. The maximum absolute atomic E-state index is 12.2. The molecule has 0 aliphatic carbocycles. The monoisotopic (exact) mass is 399 g/mol. The van der Waals surface area contributed by atoms with E-state index in [4.69, 9.17) is 9.47 Å². The Morgan fingerprint density at radius 3 is 2.24 bits per heavy atom. The highest BCUT2D eigenvalue weighted by Gasteiger charge is 2.09. The van der Waals surface area contributed by atoms with Crippen molar-refractivity contribution in [3.8, 4) is 11.5 Å². The molecule has 0 radical (unpaired) electrons. The Labute approximate surface area is 172 Å². The van der Waals surface area contributed by atoms with E-state index >= 15 is 0 Å². The third kappa shape index (κ3) is 7.12. The van der Waals surface area contributed by atoms with Crippen LogP contribution < -0.4 is 20.1 Å². The zero-order valence-electron chi connectivity index (χ0n) is 17.2. The van der Waals surface area contributed by atoms with Crippen molar-refractivity contribution in [1.82, 2.24) is 10.2 Å². The number of nitrogens with one attached hydrogen (secondary N) is 2. The van der Waals surface area contributed by atoms with Gasteiger partial charge in [-0.15, -0.1) is 0 Å². The van der Waals surface area contributed by atoms with Gasteiger partial charge in [-0.25, -0.2) is 0 Å². The van der Waals surface area contributed by atoms with Crippen molar-refractivity contribution in [2.75, 3.05) is 45.2 Å². The summed E-state index contributed by atoms with van der Waals surface area (Å²) in [7, 11) is 1.55. The molecule has 0 unspecified atom stereocenters. The number of nitrogens with zero attached hydrogens (tertiary/aromatic N) is 1. The second-order valence-electron chi connectivity index (χ2n) is 6.35. The molecule has 0 atom stereocenters. The van der Waals surface area contributed by atoms with E-state index in [1.165, 1.54) is 0 Å². The molecule has 2 N–H and O–H groups in total. The number of anilines is 1. The number of ether oxygens (including phenoxy) is 2. The number of methoxy groups -OCH3 is 1. The third-order valence-electron chi connectivity index (χ3n) is 4.47. The van der Waals surface area contributed by atoms with E-state index in [-0.39, 0.29) is 18.4 Å². The van der Waals surface area contributed by atoms with Crippen LogP contribution in [0, 0.1) is 0 Å². The SMILES string of the molecule is CCN(CC)CCNC(=O)c1ccc(NC(=O)COc2ccccc2OC)cc1. The molecule has 0 saturated carbocycles. The molecule has 2 amide bonds. The maximum atomic E-state index is 12.2. The van der Waals surface area contributed by atoms with Gasteiger partial charge in [-0.2, -0.15) is 0 Å². The number of hydrogen-bond acceptors (Lipinski definition) is 5. The van der Waals surface area contributed by atoms with Crippen LogP contribution in [0.5, 0.6) is 11.5 Å².